The topological polar surface area (TPSA) is 121 Å². The van der Waals surface area contributed by atoms with Crippen molar-refractivity contribution in [1.29, 1.82) is 0 Å². The number of amides is 2. The van der Waals surface area contributed by atoms with Crippen LogP contribution in [0.2, 0.25) is 0 Å². The van der Waals surface area contributed by atoms with Crippen LogP contribution >= 0.6 is 0 Å². The fraction of sp³-hybridized carbons (Fsp3) is 0.467. The van der Waals surface area contributed by atoms with Gasteiger partial charge >= 0.3 is 6.36 Å². The zero-order valence-electron chi connectivity index (χ0n) is 14.1. The number of primary amides is 1. The summed E-state index contributed by atoms with van der Waals surface area (Å²) in [5.74, 6) is -1.34. The first kappa shape index (κ1) is 19.0. The van der Waals surface area contributed by atoms with Crippen molar-refractivity contribution in [1.82, 2.24) is 19.9 Å². The van der Waals surface area contributed by atoms with Crippen molar-refractivity contribution < 1.29 is 32.2 Å². The van der Waals surface area contributed by atoms with Crippen LogP contribution in [0.4, 0.5) is 13.2 Å². The number of nitrogens with zero attached hydrogens (tertiary/aromatic N) is 3. The number of rotatable bonds is 6. The first-order valence-corrected chi connectivity index (χ1v) is 7.90. The number of halogens is 3. The Morgan fingerprint density at radius 3 is 2.70 bits per heavy atom. The van der Waals surface area contributed by atoms with E-state index in [9.17, 15) is 22.8 Å². The minimum Gasteiger partial charge on any atom is -0.378 e. The monoisotopic (exact) mass is 387 g/mol. The number of methoxy groups -OCH3 is 1. The van der Waals surface area contributed by atoms with E-state index >= 15 is 0 Å². The van der Waals surface area contributed by atoms with Gasteiger partial charge in [0.2, 0.25) is 0 Å². The highest BCUT2D eigenvalue weighted by Crippen LogP contribution is 2.30. The molecule has 0 spiro atoms. The number of carbonyl (C=O) groups is 2. The Labute approximate surface area is 150 Å². The van der Waals surface area contributed by atoms with Crippen LogP contribution in [0.5, 0.6) is 0 Å². The molecule has 2 aromatic rings. The predicted octanol–water partition coefficient (Wildman–Crippen LogP) is 0.772. The van der Waals surface area contributed by atoms with Gasteiger partial charge in [0.05, 0.1) is 12.7 Å². The van der Waals surface area contributed by atoms with Crippen molar-refractivity contribution in [2.24, 2.45) is 5.73 Å². The highest BCUT2D eigenvalue weighted by atomic mass is 19.4. The second kappa shape index (κ2) is 7.12. The van der Waals surface area contributed by atoms with Crippen molar-refractivity contribution >= 4 is 17.5 Å². The van der Waals surface area contributed by atoms with Crippen LogP contribution in [0.1, 0.15) is 39.4 Å². The van der Waals surface area contributed by atoms with E-state index < -0.39 is 30.3 Å². The minimum atomic E-state index is -4.70. The fourth-order valence-electron chi connectivity index (χ4n) is 2.88. The third-order valence-corrected chi connectivity index (χ3v) is 4.08. The van der Waals surface area contributed by atoms with E-state index in [4.69, 9.17) is 10.5 Å². The summed E-state index contributed by atoms with van der Waals surface area (Å²) >= 11 is 0. The Kier molecular flexibility index (Phi) is 5.02. The van der Waals surface area contributed by atoms with Gasteiger partial charge in [0.25, 0.3) is 11.8 Å². The van der Waals surface area contributed by atoms with E-state index in [1.165, 1.54) is 19.4 Å². The van der Waals surface area contributed by atoms with Crippen LogP contribution in [-0.2, 0) is 16.1 Å². The van der Waals surface area contributed by atoms with Gasteiger partial charge in [0, 0.05) is 19.3 Å². The van der Waals surface area contributed by atoms with Gasteiger partial charge in [0.1, 0.15) is 17.0 Å². The van der Waals surface area contributed by atoms with Crippen LogP contribution < -0.4 is 11.1 Å². The summed E-state index contributed by atoms with van der Waals surface area (Å²) in [6.07, 6.45) is -4.28. The van der Waals surface area contributed by atoms with Crippen molar-refractivity contribution in [2.45, 2.75) is 38.0 Å². The Morgan fingerprint density at radius 2 is 2.11 bits per heavy atom. The molecule has 0 radical (unpaired) electrons. The predicted molar refractivity (Wildman–Crippen MR) is 83.6 cm³/mol. The Hall–Kier alpha value is -2.73. The zero-order chi connectivity index (χ0) is 19.8. The van der Waals surface area contributed by atoms with Crippen LogP contribution in [0, 0.1) is 0 Å². The zero-order valence-corrected chi connectivity index (χ0v) is 14.1. The number of nitrogens with two attached hydrogens (primary N) is 1. The highest BCUT2D eigenvalue weighted by Gasteiger charge is 2.40. The first-order chi connectivity index (χ1) is 12.7. The lowest BCUT2D eigenvalue weighted by Gasteiger charge is -2.35. The highest BCUT2D eigenvalue weighted by molar-refractivity contribution is 6.01. The van der Waals surface area contributed by atoms with Crippen LogP contribution in [0.15, 0.2) is 12.3 Å². The largest absolute Gasteiger partial charge is 0.522 e. The summed E-state index contributed by atoms with van der Waals surface area (Å²) in [6.45, 7) is -0.0121. The normalized spacial score (nSPS) is 19.7. The van der Waals surface area contributed by atoms with Gasteiger partial charge in [-0.1, -0.05) is 0 Å². The third kappa shape index (κ3) is 4.01. The molecule has 3 rings (SSSR count). The molecule has 27 heavy (non-hydrogen) atoms. The maximum Gasteiger partial charge on any atom is 0.522 e. The molecule has 146 valence electrons. The Bertz CT molecular complexity index is 876. The molecule has 0 aliphatic heterocycles. The summed E-state index contributed by atoms with van der Waals surface area (Å²) in [6, 6.07) is 0.914. The number of alkyl halides is 3. The number of carbonyl (C=O) groups excluding carboxylic acids is 2. The quantitative estimate of drug-likeness (QED) is 0.755. The average Bonchev–Trinajstić information content (AvgIpc) is 2.89. The van der Waals surface area contributed by atoms with Gasteiger partial charge in [-0.2, -0.15) is 5.10 Å². The molecule has 2 aromatic heterocycles. The molecule has 0 atom stereocenters. The minimum absolute atomic E-state index is 0.0121. The molecule has 2 heterocycles. The number of aromatic nitrogens is 3. The molecular formula is C15H16F3N5O4. The van der Waals surface area contributed by atoms with Crippen LogP contribution in [0.25, 0.3) is 5.65 Å². The summed E-state index contributed by atoms with van der Waals surface area (Å²) in [4.78, 5) is 28.2. The van der Waals surface area contributed by atoms with Crippen molar-refractivity contribution in [3.63, 3.8) is 0 Å². The van der Waals surface area contributed by atoms with Gasteiger partial charge in [-0.05, 0) is 18.9 Å². The lowest BCUT2D eigenvalue weighted by Crippen LogP contribution is -2.49. The SMILES string of the molecule is COCc1nn2c(C(=O)N[C@H]3C[C@@H](OC(F)(F)F)C3)ccnc2c1C(N)=O. The molecule has 12 heteroatoms. The summed E-state index contributed by atoms with van der Waals surface area (Å²) in [5.41, 5.74) is 5.77. The molecule has 2 amide bonds. The molecular weight excluding hydrogens is 371 g/mol. The van der Waals surface area contributed by atoms with Crippen LogP contribution in [0.3, 0.4) is 0 Å². The first-order valence-electron chi connectivity index (χ1n) is 7.90. The number of hydrogen-bond donors (Lipinski definition) is 2. The van der Waals surface area contributed by atoms with Gasteiger partial charge in [-0.3, -0.25) is 14.3 Å². The molecule has 0 saturated heterocycles. The summed E-state index contributed by atoms with van der Waals surface area (Å²) in [5, 5.41) is 6.76. The fourth-order valence-corrected chi connectivity index (χ4v) is 2.88. The van der Waals surface area contributed by atoms with E-state index in [1.54, 1.807) is 0 Å². The number of fused-ring (bicyclic) bond motifs is 1. The van der Waals surface area contributed by atoms with Gasteiger partial charge < -0.3 is 15.8 Å². The molecule has 1 saturated carbocycles. The van der Waals surface area contributed by atoms with Gasteiger partial charge in [-0.25, -0.2) is 9.50 Å². The third-order valence-electron chi connectivity index (χ3n) is 4.08. The second-order valence-corrected chi connectivity index (χ2v) is 6.01. The molecule has 1 aliphatic carbocycles. The van der Waals surface area contributed by atoms with Crippen molar-refractivity contribution in [3.8, 4) is 0 Å². The Balaban J connectivity index is 1.78. The van der Waals surface area contributed by atoms with Crippen molar-refractivity contribution in [3.05, 3.63) is 29.2 Å². The number of hydrogen-bond acceptors (Lipinski definition) is 6. The van der Waals surface area contributed by atoms with E-state index in [0.29, 0.717) is 0 Å². The molecule has 0 aromatic carbocycles. The molecule has 1 aliphatic rings. The standard InChI is InChI=1S/C15H16F3N5O4/c1-26-6-9-11(12(19)24)13-20-3-2-10(23(13)22-9)14(25)21-7-4-8(5-7)27-15(16,17)18/h2-3,7-8H,4-6H2,1H3,(H2,19,24)(H,21,25)/t7-,8+. The molecule has 1 fully saturated rings. The Morgan fingerprint density at radius 1 is 1.41 bits per heavy atom. The summed E-state index contributed by atoms with van der Waals surface area (Å²) < 4.78 is 46.5. The van der Waals surface area contributed by atoms with E-state index in [2.05, 4.69) is 20.1 Å². The van der Waals surface area contributed by atoms with Gasteiger partial charge in [-0.15, -0.1) is 13.2 Å². The maximum absolute atomic E-state index is 12.5. The van der Waals surface area contributed by atoms with Crippen molar-refractivity contribution in [2.75, 3.05) is 7.11 Å². The number of nitrogens with one attached hydrogen (secondary N) is 1. The van der Waals surface area contributed by atoms with E-state index in [1.807, 2.05) is 0 Å². The lowest BCUT2D eigenvalue weighted by molar-refractivity contribution is -0.351. The molecule has 0 bridgehead atoms. The lowest BCUT2D eigenvalue weighted by atomic mass is 9.89. The van der Waals surface area contributed by atoms with Crippen LogP contribution in [-0.4, -0.2) is 52.0 Å². The smallest absolute Gasteiger partial charge is 0.378 e. The van der Waals surface area contributed by atoms with E-state index in [0.717, 1.165) is 4.52 Å². The maximum atomic E-state index is 12.5. The van der Waals surface area contributed by atoms with E-state index in [-0.39, 0.29) is 42.0 Å². The second-order valence-electron chi connectivity index (χ2n) is 6.01. The summed E-state index contributed by atoms with van der Waals surface area (Å²) in [7, 11) is 1.41. The number of ether oxygens (including phenoxy) is 2. The molecule has 9 nitrogen and oxygen atoms in total. The van der Waals surface area contributed by atoms with Gasteiger partial charge in [0.15, 0.2) is 5.65 Å². The molecule has 3 N–H and O–H groups in total. The molecule has 0 unspecified atom stereocenters. The average molecular weight is 387 g/mol.